The number of nitrogens with one attached hydrogen (secondary N) is 2. The standard InChI is InChI=1S/C18H26N2O2S/c1-13-7-5-8-14(2)17(13)20-16(21)10-6-12-23-15-9-3-4-11-19-18(15)22/h5,7-8,15H,3-4,6,9-12H2,1-2H3,(H,19,22)(H,20,21). The minimum atomic E-state index is 0.0494. The number of aryl methyl sites for hydroxylation is 2. The Bertz CT molecular complexity index is 540. The summed E-state index contributed by atoms with van der Waals surface area (Å²) in [5.74, 6) is 1.05. The molecule has 1 aliphatic rings. The average Bonchev–Trinajstić information content (AvgIpc) is 2.72. The van der Waals surface area contributed by atoms with Crippen LogP contribution in [0.2, 0.25) is 0 Å². The number of para-hydroxylation sites is 1. The highest BCUT2D eigenvalue weighted by atomic mass is 32.2. The Hall–Kier alpha value is -1.49. The summed E-state index contributed by atoms with van der Waals surface area (Å²) in [4.78, 5) is 23.9. The molecule has 1 aromatic carbocycles. The first-order valence-electron chi connectivity index (χ1n) is 8.33. The van der Waals surface area contributed by atoms with Crippen LogP contribution >= 0.6 is 11.8 Å². The van der Waals surface area contributed by atoms with Crippen molar-refractivity contribution in [1.82, 2.24) is 5.32 Å². The summed E-state index contributed by atoms with van der Waals surface area (Å²) in [7, 11) is 0. The smallest absolute Gasteiger partial charge is 0.233 e. The summed E-state index contributed by atoms with van der Waals surface area (Å²) in [5.41, 5.74) is 3.10. The van der Waals surface area contributed by atoms with Crippen LogP contribution in [-0.2, 0) is 9.59 Å². The van der Waals surface area contributed by atoms with Crippen molar-refractivity contribution in [3.8, 4) is 0 Å². The number of rotatable bonds is 6. The van der Waals surface area contributed by atoms with E-state index in [0.29, 0.717) is 6.42 Å². The number of hydrogen-bond acceptors (Lipinski definition) is 3. The molecule has 0 aromatic heterocycles. The van der Waals surface area contributed by atoms with Gasteiger partial charge >= 0.3 is 0 Å². The molecule has 0 saturated carbocycles. The van der Waals surface area contributed by atoms with Gasteiger partial charge in [0.1, 0.15) is 0 Å². The second-order valence-corrected chi connectivity index (χ2v) is 7.38. The van der Waals surface area contributed by atoms with Crippen LogP contribution in [-0.4, -0.2) is 29.4 Å². The fraction of sp³-hybridized carbons (Fsp3) is 0.556. The third-order valence-corrected chi connectivity index (χ3v) is 5.47. The molecule has 4 nitrogen and oxygen atoms in total. The Morgan fingerprint density at radius 3 is 2.78 bits per heavy atom. The van der Waals surface area contributed by atoms with E-state index in [1.54, 1.807) is 11.8 Å². The van der Waals surface area contributed by atoms with E-state index in [2.05, 4.69) is 10.6 Å². The van der Waals surface area contributed by atoms with Crippen molar-refractivity contribution in [3.63, 3.8) is 0 Å². The second-order valence-electron chi connectivity index (χ2n) is 6.06. The molecule has 5 heteroatoms. The molecular formula is C18H26N2O2S. The van der Waals surface area contributed by atoms with Gasteiger partial charge in [0.25, 0.3) is 0 Å². The van der Waals surface area contributed by atoms with Gasteiger partial charge in [0, 0.05) is 18.7 Å². The van der Waals surface area contributed by atoms with Gasteiger partial charge in [-0.2, -0.15) is 0 Å². The maximum atomic E-state index is 12.1. The normalized spacial score (nSPS) is 18.2. The van der Waals surface area contributed by atoms with Crippen molar-refractivity contribution in [2.45, 2.75) is 51.2 Å². The van der Waals surface area contributed by atoms with Crippen LogP contribution in [0.25, 0.3) is 0 Å². The highest BCUT2D eigenvalue weighted by molar-refractivity contribution is 8.00. The first kappa shape index (κ1) is 17.9. The molecular weight excluding hydrogens is 308 g/mol. The third-order valence-electron chi connectivity index (χ3n) is 4.10. The van der Waals surface area contributed by atoms with E-state index < -0.39 is 0 Å². The zero-order valence-corrected chi connectivity index (χ0v) is 14.8. The lowest BCUT2D eigenvalue weighted by Crippen LogP contribution is -2.30. The molecule has 126 valence electrons. The number of carbonyl (C=O) groups excluding carboxylic acids is 2. The first-order chi connectivity index (χ1) is 11.1. The van der Waals surface area contributed by atoms with Crippen LogP contribution in [0, 0.1) is 13.8 Å². The fourth-order valence-corrected chi connectivity index (χ4v) is 3.91. The molecule has 1 atom stereocenters. The van der Waals surface area contributed by atoms with Gasteiger partial charge < -0.3 is 10.6 Å². The summed E-state index contributed by atoms with van der Waals surface area (Å²) < 4.78 is 0. The summed E-state index contributed by atoms with van der Waals surface area (Å²) in [5, 5.41) is 6.01. The molecule has 0 aliphatic carbocycles. The number of anilines is 1. The number of amides is 2. The van der Waals surface area contributed by atoms with E-state index in [1.165, 1.54) is 0 Å². The first-order valence-corrected chi connectivity index (χ1v) is 9.38. The minimum Gasteiger partial charge on any atom is -0.355 e. The summed E-state index contributed by atoms with van der Waals surface area (Å²) in [6.07, 6.45) is 4.41. The minimum absolute atomic E-state index is 0.0494. The largest absolute Gasteiger partial charge is 0.355 e. The Kier molecular flexibility index (Phi) is 6.96. The molecule has 0 radical (unpaired) electrons. The lowest BCUT2D eigenvalue weighted by Gasteiger charge is -2.13. The number of hydrogen-bond donors (Lipinski definition) is 2. The molecule has 23 heavy (non-hydrogen) atoms. The van der Waals surface area contributed by atoms with Crippen LogP contribution in [0.4, 0.5) is 5.69 Å². The van der Waals surface area contributed by atoms with Crippen LogP contribution in [0.1, 0.15) is 43.2 Å². The molecule has 1 saturated heterocycles. The number of carbonyl (C=O) groups is 2. The van der Waals surface area contributed by atoms with Gasteiger partial charge in [0.15, 0.2) is 0 Å². The van der Waals surface area contributed by atoms with Crippen molar-refractivity contribution in [3.05, 3.63) is 29.3 Å². The summed E-state index contributed by atoms with van der Waals surface area (Å²) >= 11 is 1.68. The Morgan fingerprint density at radius 2 is 2.04 bits per heavy atom. The Morgan fingerprint density at radius 1 is 1.30 bits per heavy atom. The highest BCUT2D eigenvalue weighted by Crippen LogP contribution is 2.22. The Balaban J connectivity index is 1.71. The number of thioether (sulfide) groups is 1. The van der Waals surface area contributed by atoms with Crippen molar-refractivity contribution in [2.24, 2.45) is 0 Å². The topological polar surface area (TPSA) is 58.2 Å². The molecule has 1 fully saturated rings. The molecule has 2 N–H and O–H groups in total. The van der Waals surface area contributed by atoms with E-state index in [4.69, 9.17) is 0 Å². The molecule has 1 heterocycles. The lowest BCUT2D eigenvalue weighted by atomic mass is 10.1. The van der Waals surface area contributed by atoms with Crippen LogP contribution in [0.15, 0.2) is 18.2 Å². The Labute approximate surface area is 142 Å². The monoisotopic (exact) mass is 334 g/mol. The molecule has 1 aromatic rings. The van der Waals surface area contributed by atoms with Gasteiger partial charge in [-0.15, -0.1) is 11.8 Å². The predicted molar refractivity (Wildman–Crippen MR) is 96.9 cm³/mol. The van der Waals surface area contributed by atoms with Crippen molar-refractivity contribution < 1.29 is 9.59 Å². The van der Waals surface area contributed by atoms with Gasteiger partial charge in [-0.05, 0) is 50.0 Å². The predicted octanol–water partition coefficient (Wildman–Crippen LogP) is 3.42. The zero-order chi connectivity index (χ0) is 16.7. The quantitative estimate of drug-likeness (QED) is 0.784. The maximum absolute atomic E-state index is 12.1. The van der Waals surface area contributed by atoms with Crippen LogP contribution in [0.3, 0.4) is 0 Å². The lowest BCUT2D eigenvalue weighted by molar-refractivity contribution is -0.120. The summed E-state index contributed by atoms with van der Waals surface area (Å²) in [6, 6.07) is 6.00. The molecule has 0 spiro atoms. The molecule has 1 unspecified atom stereocenters. The van der Waals surface area contributed by atoms with Crippen molar-refractivity contribution in [2.75, 3.05) is 17.6 Å². The second kappa shape index (κ2) is 8.96. The van der Waals surface area contributed by atoms with Gasteiger partial charge in [-0.25, -0.2) is 0 Å². The zero-order valence-electron chi connectivity index (χ0n) is 14.0. The average molecular weight is 334 g/mol. The van der Waals surface area contributed by atoms with E-state index in [1.807, 2.05) is 32.0 Å². The van der Waals surface area contributed by atoms with Crippen molar-refractivity contribution in [1.29, 1.82) is 0 Å². The van der Waals surface area contributed by atoms with Crippen LogP contribution in [0.5, 0.6) is 0 Å². The molecule has 0 bridgehead atoms. The third kappa shape index (κ3) is 5.57. The van der Waals surface area contributed by atoms with Crippen LogP contribution < -0.4 is 10.6 Å². The molecule has 2 amide bonds. The fourth-order valence-electron chi connectivity index (χ4n) is 2.74. The van der Waals surface area contributed by atoms with E-state index >= 15 is 0 Å². The summed E-state index contributed by atoms with van der Waals surface area (Å²) in [6.45, 7) is 4.81. The van der Waals surface area contributed by atoms with Gasteiger partial charge in [-0.1, -0.05) is 24.6 Å². The molecule has 1 aliphatic heterocycles. The SMILES string of the molecule is Cc1cccc(C)c1NC(=O)CCCSC1CCCCNC1=O. The maximum Gasteiger partial charge on any atom is 0.233 e. The number of benzene rings is 1. The van der Waals surface area contributed by atoms with Gasteiger partial charge in [-0.3, -0.25) is 9.59 Å². The highest BCUT2D eigenvalue weighted by Gasteiger charge is 2.20. The van der Waals surface area contributed by atoms with Crippen molar-refractivity contribution >= 4 is 29.3 Å². The molecule has 2 rings (SSSR count). The van der Waals surface area contributed by atoms with Gasteiger partial charge in [0.05, 0.1) is 5.25 Å². The van der Waals surface area contributed by atoms with E-state index in [-0.39, 0.29) is 17.1 Å². The van der Waals surface area contributed by atoms with Gasteiger partial charge in [0.2, 0.25) is 11.8 Å². The van der Waals surface area contributed by atoms with E-state index in [9.17, 15) is 9.59 Å². The van der Waals surface area contributed by atoms with E-state index in [0.717, 1.165) is 54.8 Å².